The number of likely N-dealkylation sites (tertiary alicyclic amines) is 1. The SMILES string of the molecule is O=CC(Cc1ccc2c(c1)OCO2)N1CCC(n2c(=O)[nH]c3ccccc32)CC1. The summed E-state index contributed by atoms with van der Waals surface area (Å²) in [6.07, 6.45) is 3.35. The van der Waals surface area contributed by atoms with Crippen LogP contribution in [0.4, 0.5) is 0 Å². The lowest BCUT2D eigenvalue weighted by Crippen LogP contribution is -2.44. The number of imidazole rings is 1. The molecule has 150 valence electrons. The highest BCUT2D eigenvalue weighted by atomic mass is 16.7. The smallest absolute Gasteiger partial charge is 0.326 e. The highest BCUT2D eigenvalue weighted by Gasteiger charge is 2.28. The molecule has 29 heavy (non-hydrogen) atoms. The van der Waals surface area contributed by atoms with E-state index in [1.165, 1.54) is 0 Å². The molecule has 3 heterocycles. The summed E-state index contributed by atoms with van der Waals surface area (Å²) in [5, 5.41) is 0. The Labute approximate surface area is 167 Å². The van der Waals surface area contributed by atoms with Gasteiger partial charge in [0.1, 0.15) is 6.29 Å². The topological polar surface area (TPSA) is 76.6 Å². The number of hydrogen-bond donors (Lipinski definition) is 1. The van der Waals surface area contributed by atoms with Crippen LogP contribution in [-0.2, 0) is 11.2 Å². The van der Waals surface area contributed by atoms with Crippen molar-refractivity contribution in [2.45, 2.75) is 31.3 Å². The Kier molecular flexibility index (Phi) is 4.60. The molecule has 2 aliphatic heterocycles. The van der Waals surface area contributed by atoms with E-state index in [0.717, 1.165) is 60.3 Å². The molecule has 0 amide bonds. The minimum Gasteiger partial charge on any atom is -0.454 e. The van der Waals surface area contributed by atoms with Crippen LogP contribution in [0.3, 0.4) is 0 Å². The van der Waals surface area contributed by atoms with Crippen molar-refractivity contribution in [1.82, 2.24) is 14.5 Å². The average Bonchev–Trinajstić information content (AvgIpc) is 3.35. The Morgan fingerprint density at radius 1 is 1.10 bits per heavy atom. The first-order valence-corrected chi connectivity index (χ1v) is 10.00. The fourth-order valence-electron chi connectivity index (χ4n) is 4.49. The van der Waals surface area contributed by atoms with Crippen LogP contribution in [-0.4, -0.2) is 46.7 Å². The summed E-state index contributed by atoms with van der Waals surface area (Å²) in [4.78, 5) is 29.4. The number of rotatable bonds is 5. The summed E-state index contributed by atoms with van der Waals surface area (Å²) in [6.45, 7) is 1.81. The van der Waals surface area contributed by atoms with Gasteiger partial charge in [-0.15, -0.1) is 0 Å². The Hall–Kier alpha value is -3.06. The van der Waals surface area contributed by atoms with Gasteiger partial charge in [0.2, 0.25) is 6.79 Å². The molecule has 7 nitrogen and oxygen atoms in total. The lowest BCUT2D eigenvalue weighted by molar-refractivity contribution is -0.112. The Bertz CT molecular complexity index is 1090. The first kappa shape index (κ1) is 18.0. The molecule has 1 atom stereocenters. The average molecular weight is 393 g/mol. The number of piperidine rings is 1. The van der Waals surface area contributed by atoms with Gasteiger partial charge in [0, 0.05) is 19.1 Å². The maximum absolute atomic E-state index is 12.5. The molecule has 0 radical (unpaired) electrons. The highest BCUT2D eigenvalue weighted by Crippen LogP contribution is 2.33. The fourth-order valence-corrected chi connectivity index (χ4v) is 4.49. The second-order valence-electron chi connectivity index (χ2n) is 7.68. The molecule has 0 spiro atoms. The van der Waals surface area contributed by atoms with Gasteiger partial charge in [-0.05, 0) is 49.1 Å². The third kappa shape index (κ3) is 3.31. The van der Waals surface area contributed by atoms with E-state index in [2.05, 4.69) is 9.88 Å². The van der Waals surface area contributed by atoms with E-state index in [9.17, 15) is 9.59 Å². The molecule has 2 aliphatic rings. The molecule has 3 aromatic rings. The van der Waals surface area contributed by atoms with E-state index in [1.54, 1.807) is 0 Å². The summed E-state index contributed by atoms with van der Waals surface area (Å²) in [7, 11) is 0. The normalized spacial score (nSPS) is 18.2. The Morgan fingerprint density at radius 2 is 1.90 bits per heavy atom. The molecule has 2 aromatic carbocycles. The molecular formula is C22H23N3O4. The number of nitrogens with zero attached hydrogens (tertiary/aromatic N) is 2. The Balaban J connectivity index is 1.28. The predicted molar refractivity (Wildman–Crippen MR) is 109 cm³/mol. The van der Waals surface area contributed by atoms with Crippen LogP contribution in [0.1, 0.15) is 24.4 Å². The van der Waals surface area contributed by atoms with Crippen LogP contribution in [0.2, 0.25) is 0 Å². The third-order valence-corrected chi connectivity index (χ3v) is 6.00. The zero-order chi connectivity index (χ0) is 19.8. The number of ether oxygens (including phenoxy) is 2. The van der Waals surface area contributed by atoms with Gasteiger partial charge in [-0.3, -0.25) is 9.47 Å². The summed E-state index contributed by atoms with van der Waals surface area (Å²) in [6, 6.07) is 13.6. The number of carbonyl (C=O) groups is 1. The van der Waals surface area contributed by atoms with Crippen LogP contribution in [0.15, 0.2) is 47.3 Å². The van der Waals surface area contributed by atoms with E-state index < -0.39 is 0 Å². The zero-order valence-electron chi connectivity index (χ0n) is 16.0. The molecular weight excluding hydrogens is 370 g/mol. The number of benzene rings is 2. The second kappa shape index (κ2) is 7.40. The minimum absolute atomic E-state index is 0.0584. The van der Waals surface area contributed by atoms with E-state index >= 15 is 0 Å². The summed E-state index contributed by atoms with van der Waals surface area (Å²) in [5.41, 5.74) is 2.81. The van der Waals surface area contributed by atoms with Crippen LogP contribution < -0.4 is 15.2 Å². The summed E-state index contributed by atoms with van der Waals surface area (Å²) < 4.78 is 12.7. The minimum atomic E-state index is -0.184. The monoisotopic (exact) mass is 393 g/mol. The van der Waals surface area contributed by atoms with Crippen molar-refractivity contribution in [3.05, 3.63) is 58.5 Å². The third-order valence-electron chi connectivity index (χ3n) is 6.00. The maximum atomic E-state index is 12.5. The number of aromatic amines is 1. The second-order valence-corrected chi connectivity index (χ2v) is 7.68. The largest absolute Gasteiger partial charge is 0.454 e. The number of hydrogen-bond acceptors (Lipinski definition) is 5. The number of para-hydroxylation sites is 2. The molecule has 0 aliphatic carbocycles. The van der Waals surface area contributed by atoms with Crippen LogP contribution in [0.5, 0.6) is 11.5 Å². The molecule has 0 saturated carbocycles. The van der Waals surface area contributed by atoms with Gasteiger partial charge in [-0.1, -0.05) is 18.2 Å². The molecule has 7 heteroatoms. The molecule has 0 bridgehead atoms. The van der Waals surface area contributed by atoms with Gasteiger partial charge in [-0.2, -0.15) is 0 Å². The first-order chi connectivity index (χ1) is 14.2. The van der Waals surface area contributed by atoms with Crippen LogP contribution in [0, 0.1) is 0 Å². The number of carbonyl (C=O) groups excluding carboxylic acids is 1. The van der Waals surface area contributed by atoms with Gasteiger partial charge in [-0.25, -0.2) is 4.79 Å². The molecule has 1 fully saturated rings. The standard InChI is InChI=1S/C22H23N3O4/c26-13-17(11-15-5-6-20-21(12-15)29-14-28-20)24-9-7-16(8-10-24)25-19-4-2-1-3-18(19)23-22(25)27/h1-6,12-13,16-17H,7-11,14H2,(H,23,27). The fraction of sp³-hybridized carbons (Fsp3) is 0.364. The molecule has 1 saturated heterocycles. The molecule has 1 unspecified atom stereocenters. The molecule has 5 rings (SSSR count). The van der Waals surface area contributed by atoms with Crippen molar-refractivity contribution < 1.29 is 14.3 Å². The first-order valence-electron chi connectivity index (χ1n) is 10.00. The number of H-pyrrole nitrogens is 1. The predicted octanol–water partition coefficient (Wildman–Crippen LogP) is 2.51. The highest BCUT2D eigenvalue weighted by molar-refractivity contribution is 5.75. The van der Waals surface area contributed by atoms with Crippen molar-refractivity contribution in [2.75, 3.05) is 19.9 Å². The van der Waals surface area contributed by atoms with E-state index in [-0.39, 0.29) is 24.6 Å². The van der Waals surface area contributed by atoms with Gasteiger partial charge in [0.15, 0.2) is 11.5 Å². The number of aldehydes is 1. The zero-order valence-corrected chi connectivity index (χ0v) is 16.0. The molecule has 1 aromatic heterocycles. The van der Waals surface area contributed by atoms with Crippen molar-refractivity contribution in [3.63, 3.8) is 0 Å². The number of aromatic nitrogens is 2. The van der Waals surface area contributed by atoms with Gasteiger partial charge >= 0.3 is 5.69 Å². The summed E-state index contributed by atoms with van der Waals surface area (Å²) >= 11 is 0. The van der Waals surface area contributed by atoms with Gasteiger partial charge < -0.3 is 19.3 Å². The van der Waals surface area contributed by atoms with E-state index in [4.69, 9.17) is 9.47 Å². The molecule has 1 N–H and O–H groups in total. The van der Waals surface area contributed by atoms with Crippen molar-refractivity contribution in [2.24, 2.45) is 0 Å². The maximum Gasteiger partial charge on any atom is 0.326 e. The summed E-state index contributed by atoms with van der Waals surface area (Å²) in [5.74, 6) is 1.49. The van der Waals surface area contributed by atoms with Crippen molar-refractivity contribution in [1.29, 1.82) is 0 Å². The Morgan fingerprint density at radius 3 is 2.72 bits per heavy atom. The van der Waals surface area contributed by atoms with Gasteiger partial charge in [0.05, 0.1) is 17.1 Å². The van der Waals surface area contributed by atoms with Crippen molar-refractivity contribution in [3.8, 4) is 11.5 Å². The van der Waals surface area contributed by atoms with Gasteiger partial charge in [0.25, 0.3) is 0 Å². The van der Waals surface area contributed by atoms with Crippen LogP contribution in [0.25, 0.3) is 11.0 Å². The number of fused-ring (bicyclic) bond motifs is 2. The lowest BCUT2D eigenvalue weighted by Gasteiger charge is -2.35. The van der Waals surface area contributed by atoms with Crippen molar-refractivity contribution >= 4 is 17.3 Å². The van der Waals surface area contributed by atoms with E-state index in [0.29, 0.717) is 6.42 Å². The van der Waals surface area contributed by atoms with Crippen LogP contribution >= 0.6 is 0 Å². The quantitative estimate of drug-likeness (QED) is 0.674. The number of nitrogens with one attached hydrogen (secondary N) is 1. The lowest BCUT2D eigenvalue weighted by atomic mass is 9.99. The van der Waals surface area contributed by atoms with E-state index in [1.807, 2.05) is 47.0 Å².